The molecule has 2 heterocycles. The number of aliphatic hydroxyl groups excluding tert-OH is 2. The SMILES string of the molecule is OC(CBr)C(O)c1cnc2[nH]ccc2n1. The predicted octanol–water partition coefficient (Wildman–Crippen LogP) is 0.747. The average Bonchev–Trinajstić information content (AvgIpc) is 2.73. The molecule has 6 heteroatoms. The Bertz CT molecular complexity index is 459. The third kappa shape index (κ3) is 2.01. The molecular formula is C9H10BrN3O2. The van der Waals surface area contributed by atoms with E-state index in [1.54, 1.807) is 12.3 Å². The van der Waals surface area contributed by atoms with E-state index in [2.05, 4.69) is 30.9 Å². The molecule has 0 aliphatic rings. The van der Waals surface area contributed by atoms with Crippen molar-refractivity contribution in [3.63, 3.8) is 0 Å². The van der Waals surface area contributed by atoms with Gasteiger partial charge in [0.25, 0.3) is 0 Å². The maximum Gasteiger partial charge on any atom is 0.156 e. The van der Waals surface area contributed by atoms with Crippen LogP contribution >= 0.6 is 15.9 Å². The van der Waals surface area contributed by atoms with Gasteiger partial charge in [-0.2, -0.15) is 0 Å². The number of aromatic amines is 1. The third-order valence-electron chi connectivity index (χ3n) is 2.10. The van der Waals surface area contributed by atoms with Crippen LogP contribution in [0.4, 0.5) is 0 Å². The Morgan fingerprint density at radius 1 is 1.47 bits per heavy atom. The molecule has 80 valence electrons. The Morgan fingerprint density at radius 2 is 2.27 bits per heavy atom. The third-order valence-corrected chi connectivity index (χ3v) is 2.77. The van der Waals surface area contributed by atoms with Crippen molar-refractivity contribution in [2.75, 3.05) is 5.33 Å². The van der Waals surface area contributed by atoms with E-state index < -0.39 is 12.2 Å². The highest BCUT2D eigenvalue weighted by Crippen LogP contribution is 2.17. The Morgan fingerprint density at radius 3 is 3.00 bits per heavy atom. The molecule has 0 saturated carbocycles. The van der Waals surface area contributed by atoms with E-state index in [1.807, 2.05) is 0 Å². The van der Waals surface area contributed by atoms with Crippen LogP contribution in [0.5, 0.6) is 0 Å². The van der Waals surface area contributed by atoms with E-state index in [0.717, 1.165) is 0 Å². The molecule has 0 radical (unpaired) electrons. The number of fused-ring (bicyclic) bond motifs is 1. The zero-order valence-electron chi connectivity index (χ0n) is 7.76. The number of aromatic nitrogens is 3. The fourth-order valence-electron chi connectivity index (χ4n) is 1.27. The van der Waals surface area contributed by atoms with Crippen LogP contribution in [0, 0.1) is 0 Å². The second-order valence-electron chi connectivity index (χ2n) is 3.17. The minimum Gasteiger partial charge on any atom is -0.389 e. The number of nitrogens with one attached hydrogen (secondary N) is 1. The number of rotatable bonds is 3. The second-order valence-corrected chi connectivity index (χ2v) is 3.82. The van der Waals surface area contributed by atoms with Crippen LogP contribution in [0.3, 0.4) is 0 Å². The van der Waals surface area contributed by atoms with Crippen LogP contribution in [-0.2, 0) is 0 Å². The van der Waals surface area contributed by atoms with Gasteiger partial charge in [0, 0.05) is 11.5 Å². The van der Waals surface area contributed by atoms with E-state index in [0.29, 0.717) is 22.2 Å². The normalized spacial score (nSPS) is 15.4. The van der Waals surface area contributed by atoms with Gasteiger partial charge in [-0.05, 0) is 6.07 Å². The van der Waals surface area contributed by atoms with Gasteiger partial charge in [-0.1, -0.05) is 15.9 Å². The van der Waals surface area contributed by atoms with Crippen molar-refractivity contribution in [2.45, 2.75) is 12.2 Å². The molecule has 0 spiro atoms. The van der Waals surface area contributed by atoms with Crippen LogP contribution < -0.4 is 0 Å². The van der Waals surface area contributed by atoms with Gasteiger partial charge in [-0.3, -0.25) is 0 Å². The van der Waals surface area contributed by atoms with Gasteiger partial charge in [0.15, 0.2) is 5.65 Å². The summed E-state index contributed by atoms with van der Waals surface area (Å²) in [6.45, 7) is 0. The summed E-state index contributed by atoms with van der Waals surface area (Å²) in [6, 6.07) is 1.76. The lowest BCUT2D eigenvalue weighted by molar-refractivity contribution is 0.0315. The summed E-state index contributed by atoms with van der Waals surface area (Å²) in [5.41, 5.74) is 1.71. The summed E-state index contributed by atoms with van der Waals surface area (Å²) in [6.07, 6.45) is 1.28. The first kappa shape index (κ1) is 10.5. The van der Waals surface area contributed by atoms with Gasteiger partial charge in [0.2, 0.25) is 0 Å². The fourth-order valence-corrected chi connectivity index (χ4v) is 1.62. The zero-order chi connectivity index (χ0) is 10.8. The van der Waals surface area contributed by atoms with Crippen LogP contribution in [0.2, 0.25) is 0 Å². The van der Waals surface area contributed by atoms with E-state index in [4.69, 9.17) is 0 Å². The minimum absolute atomic E-state index is 0.293. The first-order valence-corrected chi connectivity index (χ1v) is 5.56. The lowest BCUT2D eigenvalue weighted by Crippen LogP contribution is -2.20. The molecular weight excluding hydrogens is 262 g/mol. The summed E-state index contributed by atoms with van der Waals surface area (Å²) in [4.78, 5) is 11.2. The van der Waals surface area contributed by atoms with Crippen LogP contribution in [-0.4, -0.2) is 36.6 Å². The molecule has 0 saturated heterocycles. The van der Waals surface area contributed by atoms with Gasteiger partial charge < -0.3 is 15.2 Å². The van der Waals surface area contributed by atoms with Crippen molar-refractivity contribution in [3.8, 4) is 0 Å². The summed E-state index contributed by atoms with van der Waals surface area (Å²) in [5.74, 6) is 0. The average molecular weight is 272 g/mol. The Kier molecular flexibility index (Phi) is 2.99. The van der Waals surface area contributed by atoms with E-state index in [9.17, 15) is 10.2 Å². The monoisotopic (exact) mass is 271 g/mol. The molecule has 2 aromatic rings. The van der Waals surface area contributed by atoms with Gasteiger partial charge in [0.1, 0.15) is 11.6 Å². The van der Waals surface area contributed by atoms with E-state index in [1.165, 1.54) is 6.20 Å². The van der Waals surface area contributed by atoms with Crippen LogP contribution in [0.25, 0.3) is 11.2 Å². The summed E-state index contributed by atoms with van der Waals surface area (Å²) < 4.78 is 0. The molecule has 0 aromatic carbocycles. The van der Waals surface area contributed by atoms with Crippen molar-refractivity contribution < 1.29 is 10.2 Å². The number of hydrogen-bond donors (Lipinski definition) is 3. The van der Waals surface area contributed by atoms with Crippen molar-refractivity contribution in [2.24, 2.45) is 0 Å². The molecule has 2 aromatic heterocycles. The molecule has 0 aliphatic heterocycles. The summed E-state index contributed by atoms with van der Waals surface area (Å²) >= 11 is 3.09. The molecule has 5 nitrogen and oxygen atoms in total. The van der Waals surface area contributed by atoms with Crippen molar-refractivity contribution in [1.29, 1.82) is 0 Å². The van der Waals surface area contributed by atoms with Crippen molar-refractivity contribution in [1.82, 2.24) is 15.0 Å². The maximum absolute atomic E-state index is 9.69. The Balaban J connectivity index is 2.35. The number of alkyl halides is 1. The lowest BCUT2D eigenvalue weighted by atomic mass is 10.2. The van der Waals surface area contributed by atoms with E-state index >= 15 is 0 Å². The first-order chi connectivity index (χ1) is 7.22. The molecule has 0 bridgehead atoms. The number of hydrogen-bond acceptors (Lipinski definition) is 4. The van der Waals surface area contributed by atoms with Gasteiger partial charge in [0.05, 0.1) is 18.0 Å². The summed E-state index contributed by atoms with van der Waals surface area (Å²) in [5, 5.41) is 19.4. The number of halogens is 1. The quantitative estimate of drug-likeness (QED) is 0.720. The number of H-pyrrole nitrogens is 1. The second kappa shape index (κ2) is 4.26. The van der Waals surface area contributed by atoms with E-state index in [-0.39, 0.29) is 0 Å². The molecule has 2 unspecified atom stereocenters. The van der Waals surface area contributed by atoms with Crippen LogP contribution in [0.1, 0.15) is 11.8 Å². The highest BCUT2D eigenvalue weighted by Gasteiger charge is 2.19. The highest BCUT2D eigenvalue weighted by molar-refractivity contribution is 9.09. The highest BCUT2D eigenvalue weighted by atomic mass is 79.9. The molecule has 0 fully saturated rings. The smallest absolute Gasteiger partial charge is 0.156 e. The largest absolute Gasteiger partial charge is 0.389 e. The number of nitrogens with zero attached hydrogens (tertiary/aromatic N) is 2. The van der Waals surface area contributed by atoms with Crippen molar-refractivity contribution >= 4 is 27.1 Å². The minimum atomic E-state index is -1.02. The Hall–Kier alpha value is -0.980. The fraction of sp³-hybridized carbons (Fsp3) is 0.333. The molecule has 0 aliphatic carbocycles. The molecule has 2 atom stereocenters. The standard InChI is InChI=1S/C9H10BrN3O2/c10-3-7(14)8(15)6-4-12-9-5(13-6)1-2-11-9/h1-2,4,7-8,14-15H,3H2,(H,11,12). The lowest BCUT2D eigenvalue weighted by Gasteiger charge is -2.14. The Labute approximate surface area is 94.3 Å². The number of aliphatic hydroxyl groups is 2. The maximum atomic E-state index is 9.69. The van der Waals surface area contributed by atoms with Crippen molar-refractivity contribution in [3.05, 3.63) is 24.2 Å². The molecule has 15 heavy (non-hydrogen) atoms. The summed E-state index contributed by atoms with van der Waals surface area (Å²) in [7, 11) is 0. The first-order valence-electron chi connectivity index (χ1n) is 4.44. The van der Waals surface area contributed by atoms with Gasteiger partial charge in [-0.15, -0.1) is 0 Å². The predicted molar refractivity (Wildman–Crippen MR) is 58.6 cm³/mol. The molecule has 3 N–H and O–H groups in total. The topological polar surface area (TPSA) is 82.0 Å². The molecule has 2 rings (SSSR count). The zero-order valence-corrected chi connectivity index (χ0v) is 9.35. The van der Waals surface area contributed by atoms with Gasteiger partial charge >= 0.3 is 0 Å². The van der Waals surface area contributed by atoms with Gasteiger partial charge in [-0.25, -0.2) is 9.97 Å². The van der Waals surface area contributed by atoms with Crippen LogP contribution in [0.15, 0.2) is 18.5 Å². The molecule has 0 amide bonds.